The van der Waals surface area contributed by atoms with Gasteiger partial charge in [0.15, 0.2) is 0 Å². The minimum Gasteiger partial charge on any atom is -0.368 e. The largest absolute Gasteiger partial charge is 0.368 e. The van der Waals surface area contributed by atoms with Crippen molar-refractivity contribution in [3.05, 3.63) is 5.28 Å². The van der Waals surface area contributed by atoms with Gasteiger partial charge in [0.1, 0.15) is 0 Å². The lowest BCUT2D eigenvalue weighted by molar-refractivity contribution is 0.300. The van der Waals surface area contributed by atoms with Gasteiger partial charge in [-0.3, -0.25) is 0 Å². The highest BCUT2D eigenvalue weighted by molar-refractivity contribution is 6.28. The Morgan fingerprint density at radius 1 is 1.24 bits per heavy atom. The van der Waals surface area contributed by atoms with Crippen molar-refractivity contribution in [2.75, 3.05) is 17.6 Å². The molecule has 0 bridgehead atoms. The fourth-order valence-electron chi connectivity index (χ4n) is 2.21. The molecular weight excluding hydrogens is 238 g/mol. The summed E-state index contributed by atoms with van der Waals surface area (Å²) in [6.45, 7) is 3.20. The molecule has 0 spiro atoms. The summed E-state index contributed by atoms with van der Waals surface area (Å²) < 4.78 is 0. The maximum Gasteiger partial charge on any atom is 0.228 e. The van der Waals surface area contributed by atoms with E-state index in [0.29, 0.717) is 11.9 Å². The van der Waals surface area contributed by atoms with Gasteiger partial charge >= 0.3 is 0 Å². The summed E-state index contributed by atoms with van der Waals surface area (Å²) in [6.07, 6.45) is 5.16. The summed E-state index contributed by atoms with van der Waals surface area (Å²) in [7, 11) is 0. The first kappa shape index (κ1) is 12.4. The van der Waals surface area contributed by atoms with Gasteiger partial charge < -0.3 is 11.1 Å². The van der Waals surface area contributed by atoms with Gasteiger partial charge in [0.05, 0.1) is 0 Å². The quantitative estimate of drug-likeness (QED) is 0.867. The van der Waals surface area contributed by atoms with E-state index in [2.05, 4.69) is 27.2 Å². The molecule has 1 aromatic heterocycles. The topological polar surface area (TPSA) is 76.7 Å². The van der Waals surface area contributed by atoms with Crippen LogP contribution in [0.3, 0.4) is 0 Å². The summed E-state index contributed by atoms with van der Waals surface area (Å²) in [5.74, 6) is 2.20. The lowest BCUT2D eigenvalue weighted by atomic mass is 9.83. The van der Waals surface area contributed by atoms with Crippen molar-refractivity contribution in [2.24, 2.45) is 11.8 Å². The van der Waals surface area contributed by atoms with Crippen molar-refractivity contribution >= 4 is 23.5 Å². The van der Waals surface area contributed by atoms with Gasteiger partial charge in [-0.15, -0.1) is 0 Å². The molecule has 2 rings (SSSR count). The van der Waals surface area contributed by atoms with Crippen LogP contribution in [0.4, 0.5) is 11.9 Å². The molecule has 1 saturated carbocycles. The van der Waals surface area contributed by atoms with Crippen molar-refractivity contribution in [3.63, 3.8) is 0 Å². The Morgan fingerprint density at radius 3 is 2.59 bits per heavy atom. The first-order valence-corrected chi connectivity index (χ1v) is 6.42. The number of nitrogens with two attached hydrogens (primary N) is 1. The smallest absolute Gasteiger partial charge is 0.228 e. The summed E-state index contributed by atoms with van der Waals surface area (Å²) >= 11 is 5.71. The van der Waals surface area contributed by atoms with E-state index in [0.717, 1.165) is 12.5 Å². The van der Waals surface area contributed by atoms with E-state index < -0.39 is 0 Å². The highest BCUT2D eigenvalue weighted by Crippen LogP contribution is 2.28. The van der Waals surface area contributed by atoms with Crippen LogP contribution in [-0.4, -0.2) is 21.5 Å². The SMILES string of the molecule is CC1CCC(CNc2nc(N)nc(Cl)n2)CC1. The highest BCUT2D eigenvalue weighted by Gasteiger charge is 2.18. The van der Waals surface area contributed by atoms with E-state index in [-0.39, 0.29) is 11.2 Å². The third kappa shape index (κ3) is 3.70. The van der Waals surface area contributed by atoms with Crippen LogP contribution >= 0.6 is 11.6 Å². The fraction of sp³-hybridized carbons (Fsp3) is 0.727. The Labute approximate surface area is 106 Å². The molecule has 0 amide bonds. The number of nitrogen functional groups attached to an aromatic ring is 1. The minimum atomic E-state index is 0.136. The molecule has 0 aliphatic heterocycles. The summed E-state index contributed by atoms with van der Waals surface area (Å²) in [5.41, 5.74) is 5.50. The number of nitrogens with one attached hydrogen (secondary N) is 1. The fourth-order valence-corrected chi connectivity index (χ4v) is 2.38. The van der Waals surface area contributed by atoms with Gasteiger partial charge in [0.2, 0.25) is 17.2 Å². The standard InChI is InChI=1S/C11H18ClN5/c1-7-2-4-8(5-3-7)6-14-11-16-9(12)15-10(13)17-11/h7-8H,2-6H2,1H3,(H3,13,14,15,16,17). The van der Waals surface area contributed by atoms with Crippen molar-refractivity contribution in [3.8, 4) is 0 Å². The second-order valence-electron chi connectivity index (χ2n) is 4.79. The molecule has 0 aromatic carbocycles. The predicted octanol–water partition coefficient (Wildman–Crippen LogP) is 2.35. The molecule has 3 N–H and O–H groups in total. The van der Waals surface area contributed by atoms with Gasteiger partial charge in [-0.05, 0) is 36.3 Å². The van der Waals surface area contributed by atoms with Crippen LogP contribution in [0.1, 0.15) is 32.6 Å². The number of halogens is 1. The van der Waals surface area contributed by atoms with Crippen LogP contribution < -0.4 is 11.1 Å². The molecule has 0 saturated heterocycles. The second kappa shape index (κ2) is 5.49. The maximum atomic E-state index is 5.71. The second-order valence-corrected chi connectivity index (χ2v) is 5.13. The van der Waals surface area contributed by atoms with Crippen LogP contribution in [0.15, 0.2) is 0 Å². The third-order valence-corrected chi connectivity index (χ3v) is 3.48. The number of anilines is 2. The zero-order valence-corrected chi connectivity index (χ0v) is 10.7. The van der Waals surface area contributed by atoms with Crippen LogP contribution in [0.5, 0.6) is 0 Å². The summed E-state index contributed by atoms with van der Waals surface area (Å²) in [4.78, 5) is 11.7. The molecule has 0 atom stereocenters. The van der Waals surface area contributed by atoms with Gasteiger partial charge in [-0.2, -0.15) is 15.0 Å². The van der Waals surface area contributed by atoms with E-state index in [1.807, 2.05) is 0 Å². The molecule has 0 radical (unpaired) electrons. The summed E-state index contributed by atoms with van der Waals surface area (Å²) in [6, 6.07) is 0. The lowest BCUT2D eigenvalue weighted by Gasteiger charge is -2.26. The number of aromatic nitrogens is 3. The molecule has 17 heavy (non-hydrogen) atoms. The van der Waals surface area contributed by atoms with Crippen molar-refractivity contribution in [1.29, 1.82) is 0 Å². The molecule has 1 heterocycles. The maximum absolute atomic E-state index is 5.71. The first-order valence-electron chi connectivity index (χ1n) is 6.04. The molecule has 6 heteroatoms. The normalized spacial score (nSPS) is 24.6. The summed E-state index contributed by atoms with van der Waals surface area (Å²) in [5, 5.41) is 3.32. The molecule has 1 aliphatic rings. The van der Waals surface area contributed by atoms with Gasteiger partial charge in [-0.1, -0.05) is 19.8 Å². The monoisotopic (exact) mass is 255 g/mol. The third-order valence-electron chi connectivity index (χ3n) is 3.31. The lowest BCUT2D eigenvalue weighted by Crippen LogP contribution is -2.21. The van der Waals surface area contributed by atoms with Crippen LogP contribution in [0.25, 0.3) is 0 Å². The van der Waals surface area contributed by atoms with E-state index in [4.69, 9.17) is 17.3 Å². The minimum absolute atomic E-state index is 0.136. The predicted molar refractivity (Wildman–Crippen MR) is 68.9 cm³/mol. The zero-order chi connectivity index (χ0) is 12.3. The van der Waals surface area contributed by atoms with E-state index in [1.165, 1.54) is 25.7 Å². The Hall–Kier alpha value is -1.10. The number of hydrogen-bond acceptors (Lipinski definition) is 5. The van der Waals surface area contributed by atoms with Gasteiger partial charge in [0, 0.05) is 6.54 Å². The number of nitrogens with zero attached hydrogens (tertiary/aromatic N) is 3. The number of hydrogen-bond donors (Lipinski definition) is 2. The first-order chi connectivity index (χ1) is 8.13. The molecular formula is C11H18ClN5. The Morgan fingerprint density at radius 2 is 1.94 bits per heavy atom. The average Bonchev–Trinajstić information content (AvgIpc) is 2.27. The molecule has 94 valence electrons. The van der Waals surface area contributed by atoms with Crippen molar-refractivity contribution in [2.45, 2.75) is 32.6 Å². The van der Waals surface area contributed by atoms with Gasteiger partial charge in [0.25, 0.3) is 0 Å². The number of rotatable bonds is 3. The highest BCUT2D eigenvalue weighted by atomic mass is 35.5. The Kier molecular flexibility index (Phi) is 3.99. The van der Waals surface area contributed by atoms with E-state index in [9.17, 15) is 0 Å². The molecule has 0 unspecified atom stereocenters. The van der Waals surface area contributed by atoms with E-state index in [1.54, 1.807) is 0 Å². The van der Waals surface area contributed by atoms with Crippen molar-refractivity contribution < 1.29 is 0 Å². The average molecular weight is 256 g/mol. The van der Waals surface area contributed by atoms with Crippen LogP contribution in [0, 0.1) is 11.8 Å². The molecule has 1 fully saturated rings. The molecule has 1 aliphatic carbocycles. The Balaban J connectivity index is 1.85. The zero-order valence-electron chi connectivity index (χ0n) is 9.99. The van der Waals surface area contributed by atoms with Gasteiger partial charge in [-0.25, -0.2) is 0 Å². The van der Waals surface area contributed by atoms with Crippen LogP contribution in [0.2, 0.25) is 5.28 Å². The molecule has 1 aromatic rings. The van der Waals surface area contributed by atoms with Crippen LogP contribution in [-0.2, 0) is 0 Å². The van der Waals surface area contributed by atoms with E-state index >= 15 is 0 Å². The molecule has 5 nitrogen and oxygen atoms in total. The van der Waals surface area contributed by atoms with Crippen molar-refractivity contribution in [1.82, 2.24) is 15.0 Å². The Bertz CT molecular complexity index is 356.